The van der Waals surface area contributed by atoms with Crippen molar-refractivity contribution in [3.05, 3.63) is 17.5 Å². The minimum absolute atomic E-state index is 0.465. The van der Waals surface area contributed by atoms with E-state index in [9.17, 15) is 0 Å². The summed E-state index contributed by atoms with van der Waals surface area (Å²) < 4.78 is 6.02. The highest BCUT2D eigenvalue weighted by molar-refractivity contribution is 5.21. The van der Waals surface area contributed by atoms with Crippen LogP contribution in [0.15, 0.2) is 6.20 Å². The van der Waals surface area contributed by atoms with Crippen molar-refractivity contribution in [2.75, 3.05) is 20.2 Å². The molecular formula is C19H35N3O. The molecule has 1 saturated carbocycles. The van der Waals surface area contributed by atoms with Crippen LogP contribution in [0, 0.1) is 5.92 Å². The average molecular weight is 322 g/mol. The maximum absolute atomic E-state index is 6.02. The third-order valence-corrected chi connectivity index (χ3v) is 4.83. The summed E-state index contributed by atoms with van der Waals surface area (Å²) >= 11 is 0. The number of hydrogen-bond acceptors (Lipinski definition) is 3. The summed E-state index contributed by atoms with van der Waals surface area (Å²) in [6.07, 6.45) is 9.81. The molecule has 0 aromatic carbocycles. The van der Waals surface area contributed by atoms with Crippen LogP contribution in [-0.2, 0) is 11.3 Å². The van der Waals surface area contributed by atoms with E-state index in [1.165, 1.54) is 49.8 Å². The van der Waals surface area contributed by atoms with Gasteiger partial charge in [-0.3, -0.25) is 5.10 Å². The Morgan fingerprint density at radius 1 is 1.30 bits per heavy atom. The molecule has 0 amide bonds. The number of rotatable bonds is 9. The first kappa shape index (κ1) is 18.5. The lowest BCUT2D eigenvalue weighted by Gasteiger charge is -2.29. The minimum atomic E-state index is 0.465. The van der Waals surface area contributed by atoms with Gasteiger partial charge in [0.2, 0.25) is 0 Å². The molecule has 4 nitrogen and oxygen atoms in total. The highest BCUT2D eigenvalue weighted by Crippen LogP contribution is 2.35. The van der Waals surface area contributed by atoms with Crippen LogP contribution >= 0.6 is 0 Å². The molecule has 0 saturated heterocycles. The average Bonchev–Trinajstić information content (AvgIpc) is 2.99. The molecule has 1 fully saturated rings. The predicted octanol–water partition coefficient (Wildman–Crippen LogP) is 4.34. The fourth-order valence-corrected chi connectivity index (χ4v) is 3.45. The Labute approximate surface area is 142 Å². The number of nitrogens with zero attached hydrogens (tertiary/aromatic N) is 2. The van der Waals surface area contributed by atoms with E-state index in [4.69, 9.17) is 4.74 Å². The van der Waals surface area contributed by atoms with Crippen LogP contribution in [0.25, 0.3) is 0 Å². The van der Waals surface area contributed by atoms with Crippen molar-refractivity contribution in [1.29, 1.82) is 0 Å². The van der Waals surface area contributed by atoms with Gasteiger partial charge in [-0.15, -0.1) is 0 Å². The number of H-pyrrole nitrogens is 1. The molecule has 1 aromatic rings. The Morgan fingerprint density at radius 2 is 2.04 bits per heavy atom. The molecule has 4 heteroatoms. The Hall–Kier alpha value is -0.870. The van der Waals surface area contributed by atoms with Crippen LogP contribution in [0.2, 0.25) is 0 Å². The highest BCUT2D eigenvalue weighted by Gasteiger charge is 2.26. The van der Waals surface area contributed by atoms with Crippen molar-refractivity contribution in [2.45, 2.75) is 77.9 Å². The van der Waals surface area contributed by atoms with Gasteiger partial charge in [0.05, 0.1) is 12.3 Å². The first-order chi connectivity index (χ1) is 11.1. The van der Waals surface area contributed by atoms with Gasteiger partial charge in [-0.05, 0) is 51.6 Å². The molecule has 0 aliphatic heterocycles. The van der Waals surface area contributed by atoms with Crippen molar-refractivity contribution < 1.29 is 4.74 Å². The highest BCUT2D eigenvalue weighted by atomic mass is 16.5. The van der Waals surface area contributed by atoms with Gasteiger partial charge in [0, 0.05) is 30.3 Å². The Kier molecular flexibility index (Phi) is 7.57. The van der Waals surface area contributed by atoms with E-state index in [-0.39, 0.29) is 0 Å². The molecule has 1 N–H and O–H groups in total. The summed E-state index contributed by atoms with van der Waals surface area (Å²) in [4.78, 5) is 2.41. The largest absolute Gasteiger partial charge is 0.378 e. The number of aromatic amines is 1. The Balaban J connectivity index is 1.83. The van der Waals surface area contributed by atoms with Crippen LogP contribution < -0.4 is 0 Å². The summed E-state index contributed by atoms with van der Waals surface area (Å²) in [5.41, 5.74) is 2.76. The van der Waals surface area contributed by atoms with Crippen molar-refractivity contribution in [3.63, 3.8) is 0 Å². The predicted molar refractivity (Wildman–Crippen MR) is 95.6 cm³/mol. The summed E-state index contributed by atoms with van der Waals surface area (Å²) in [5, 5.41) is 7.61. The van der Waals surface area contributed by atoms with Crippen molar-refractivity contribution in [2.24, 2.45) is 5.92 Å². The first-order valence-corrected chi connectivity index (χ1v) is 9.42. The lowest BCUT2D eigenvalue weighted by molar-refractivity contribution is 0.0101. The van der Waals surface area contributed by atoms with E-state index >= 15 is 0 Å². The molecule has 0 radical (unpaired) electrons. The van der Waals surface area contributed by atoms with Crippen molar-refractivity contribution in [1.82, 2.24) is 15.1 Å². The third kappa shape index (κ3) is 5.92. The lowest BCUT2D eigenvalue weighted by Crippen LogP contribution is -2.24. The molecule has 132 valence electrons. The fraction of sp³-hybridized carbons (Fsp3) is 0.842. The molecule has 0 spiro atoms. The summed E-state index contributed by atoms with van der Waals surface area (Å²) in [7, 11) is 2.21. The molecule has 23 heavy (non-hydrogen) atoms. The van der Waals surface area contributed by atoms with Gasteiger partial charge in [-0.1, -0.05) is 27.2 Å². The van der Waals surface area contributed by atoms with Gasteiger partial charge in [-0.25, -0.2) is 0 Å². The van der Waals surface area contributed by atoms with Gasteiger partial charge in [0.25, 0.3) is 0 Å². The second kappa shape index (κ2) is 9.43. The maximum atomic E-state index is 6.02. The molecule has 0 unspecified atom stereocenters. The number of unbranched alkanes of at least 4 members (excludes halogenated alkanes) is 1. The van der Waals surface area contributed by atoms with Crippen molar-refractivity contribution >= 4 is 0 Å². The number of ether oxygens (including phenoxy) is 1. The Bertz CT molecular complexity index is 436. The Morgan fingerprint density at radius 3 is 2.70 bits per heavy atom. The van der Waals surface area contributed by atoms with Gasteiger partial charge < -0.3 is 9.64 Å². The quantitative estimate of drug-likeness (QED) is 0.735. The molecular weight excluding hydrogens is 286 g/mol. The van der Waals surface area contributed by atoms with E-state index in [0.717, 1.165) is 19.7 Å². The van der Waals surface area contributed by atoms with E-state index in [2.05, 4.69) is 42.9 Å². The van der Waals surface area contributed by atoms with Crippen molar-refractivity contribution in [3.8, 4) is 0 Å². The zero-order chi connectivity index (χ0) is 16.7. The number of aromatic nitrogens is 2. The van der Waals surface area contributed by atoms with Gasteiger partial charge in [0.1, 0.15) is 0 Å². The van der Waals surface area contributed by atoms with Gasteiger partial charge in [0.15, 0.2) is 0 Å². The van der Waals surface area contributed by atoms with E-state index in [1.54, 1.807) is 0 Å². The molecule has 0 atom stereocenters. The van der Waals surface area contributed by atoms with Crippen LogP contribution in [0.1, 0.15) is 76.5 Å². The van der Waals surface area contributed by atoms with Crippen LogP contribution in [0.3, 0.4) is 0 Å². The lowest BCUT2D eigenvalue weighted by atomic mass is 9.84. The normalized spacial score (nSPS) is 22.2. The second-order valence-corrected chi connectivity index (χ2v) is 7.60. The fourth-order valence-electron chi connectivity index (χ4n) is 3.45. The topological polar surface area (TPSA) is 41.2 Å². The summed E-state index contributed by atoms with van der Waals surface area (Å²) in [6, 6.07) is 0. The van der Waals surface area contributed by atoms with E-state index < -0.39 is 0 Å². The zero-order valence-electron chi connectivity index (χ0n) is 15.5. The zero-order valence-corrected chi connectivity index (χ0v) is 15.5. The third-order valence-electron chi connectivity index (χ3n) is 4.83. The van der Waals surface area contributed by atoms with Crippen LogP contribution in [0.4, 0.5) is 0 Å². The first-order valence-electron chi connectivity index (χ1n) is 9.42. The standard InChI is InChI=1S/C19H35N3O/c1-5-6-11-22(4)13-17-12-20-21-19(17)16-7-9-18(10-8-16)23-14-15(2)3/h12,15-16,18H,5-11,13-14H2,1-4H3,(H,20,21). The maximum Gasteiger partial charge on any atom is 0.0575 e. The van der Waals surface area contributed by atoms with E-state index in [1.807, 2.05) is 6.20 Å². The van der Waals surface area contributed by atoms with Gasteiger partial charge in [-0.2, -0.15) is 5.10 Å². The SMILES string of the molecule is CCCCN(C)Cc1cn[nH]c1C1CCC(OCC(C)C)CC1. The van der Waals surface area contributed by atoms with Crippen LogP contribution in [-0.4, -0.2) is 41.4 Å². The smallest absolute Gasteiger partial charge is 0.0575 e. The van der Waals surface area contributed by atoms with Crippen LogP contribution in [0.5, 0.6) is 0 Å². The number of nitrogens with one attached hydrogen (secondary N) is 1. The second-order valence-electron chi connectivity index (χ2n) is 7.60. The molecule has 1 aliphatic carbocycles. The molecule has 1 heterocycles. The minimum Gasteiger partial charge on any atom is -0.378 e. The summed E-state index contributed by atoms with van der Waals surface area (Å²) in [6.45, 7) is 9.76. The van der Waals surface area contributed by atoms with Gasteiger partial charge >= 0.3 is 0 Å². The molecule has 1 aromatic heterocycles. The number of hydrogen-bond donors (Lipinski definition) is 1. The summed E-state index contributed by atoms with van der Waals surface area (Å²) in [5.74, 6) is 1.26. The molecule has 0 bridgehead atoms. The molecule has 2 rings (SSSR count). The molecule has 1 aliphatic rings. The monoisotopic (exact) mass is 321 g/mol. The van der Waals surface area contributed by atoms with E-state index in [0.29, 0.717) is 17.9 Å².